The van der Waals surface area contributed by atoms with Crippen LogP contribution in [0, 0.1) is 0 Å². The Morgan fingerprint density at radius 3 is 2.70 bits per heavy atom. The maximum absolute atomic E-state index is 12.1. The molecule has 0 fully saturated rings. The van der Waals surface area contributed by atoms with Gasteiger partial charge in [0.2, 0.25) is 0 Å². The summed E-state index contributed by atoms with van der Waals surface area (Å²) < 4.78 is 19.3. The van der Waals surface area contributed by atoms with Gasteiger partial charge in [-0.15, -0.1) is 0 Å². The normalized spacial score (nSPS) is 10.8. The van der Waals surface area contributed by atoms with Crippen molar-refractivity contribution in [1.29, 1.82) is 0 Å². The highest BCUT2D eigenvalue weighted by molar-refractivity contribution is 6.36. The summed E-state index contributed by atoms with van der Waals surface area (Å²) in [5.41, 5.74) is -0.214. The van der Waals surface area contributed by atoms with Crippen LogP contribution in [0.1, 0.15) is 6.42 Å². The van der Waals surface area contributed by atoms with E-state index in [-0.39, 0.29) is 18.0 Å². The predicted octanol–water partition coefficient (Wildman–Crippen LogP) is 2.10. The van der Waals surface area contributed by atoms with Gasteiger partial charge in [-0.1, -0.05) is 23.2 Å². The summed E-state index contributed by atoms with van der Waals surface area (Å²) >= 11 is 12.0. The Morgan fingerprint density at radius 2 is 2.05 bits per heavy atom. The maximum atomic E-state index is 12.1. The number of tetrazole rings is 1. The van der Waals surface area contributed by atoms with Gasteiger partial charge in [0.05, 0.1) is 36.1 Å². The average molecular weight is 321 g/mol. The third-order valence-corrected chi connectivity index (χ3v) is 3.19. The summed E-state index contributed by atoms with van der Waals surface area (Å²) in [4.78, 5) is 12.1. The first-order valence-electron chi connectivity index (χ1n) is 5.70. The molecule has 0 radical (unpaired) electrons. The molecule has 0 bridgehead atoms. The van der Waals surface area contributed by atoms with Gasteiger partial charge in [0.15, 0.2) is 0 Å². The highest BCUT2D eigenvalue weighted by atomic mass is 35.5. The number of rotatable bonds is 5. The molecule has 2 rings (SSSR count). The molecule has 0 atom stereocenters. The molecule has 1 aromatic heterocycles. The van der Waals surface area contributed by atoms with Crippen LogP contribution in [0.15, 0.2) is 16.9 Å². The number of ether oxygens (including phenoxy) is 1. The van der Waals surface area contributed by atoms with Crippen molar-refractivity contribution in [2.45, 2.75) is 13.0 Å². The van der Waals surface area contributed by atoms with Crippen molar-refractivity contribution < 1.29 is 9.13 Å². The largest absolute Gasteiger partial charge is 0.495 e. The maximum Gasteiger partial charge on any atom is 0.368 e. The molecule has 0 N–H and O–H groups in total. The minimum Gasteiger partial charge on any atom is -0.495 e. The van der Waals surface area contributed by atoms with Crippen LogP contribution in [0.4, 0.5) is 4.39 Å². The SMILES string of the molecule is COc1cc(-n2nnn(CCCF)c2=O)c(Cl)cc1Cl. The van der Waals surface area contributed by atoms with Crippen LogP contribution in [0.3, 0.4) is 0 Å². The molecule has 2 aromatic rings. The lowest BCUT2D eigenvalue weighted by atomic mass is 10.3. The van der Waals surface area contributed by atoms with Crippen LogP contribution >= 0.6 is 23.2 Å². The van der Waals surface area contributed by atoms with E-state index in [1.165, 1.54) is 19.2 Å². The number of aryl methyl sites for hydroxylation is 1. The second-order valence-corrected chi connectivity index (χ2v) is 4.69. The van der Waals surface area contributed by atoms with E-state index in [9.17, 15) is 9.18 Å². The fourth-order valence-corrected chi connectivity index (χ4v) is 2.15. The van der Waals surface area contributed by atoms with Crippen molar-refractivity contribution >= 4 is 23.2 Å². The van der Waals surface area contributed by atoms with E-state index in [0.29, 0.717) is 16.5 Å². The molecule has 0 aliphatic heterocycles. The van der Waals surface area contributed by atoms with Gasteiger partial charge in [-0.3, -0.25) is 4.39 Å². The summed E-state index contributed by atoms with van der Waals surface area (Å²) in [6.07, 6.45) is 0.191. The quantitative estimate of drug-likeness (QED) is 0.846. The molecular weight excluding hydrogens is 310 g/mol. The van der Waals surface area contributed by atoms with Gasteiger partial charge in [-0.05, 0) is 22.9 Å². The standard InChI is InChI=1S/C11H11Cl2FN4O2/c1-20-10-6-9(7(12)5-8(10)13)18-11(19)17(15-16-18)4-2-3-14/h5-6H,2-4H2,1H3. The summed E-state index contributed by atoms with van der Waals surface area (Å²) in [5.74, 6) is 0.358. The zero-order chi connectivity index (χ0) is 14.7. The van der Waals surface area contributed by atoms with Gasteiger partial charge in [0.1, 0.15) is 5.75 Å². The molecule has 0 unspecified atom stereocenters. The van der Waals surface area contributed by atoms with Crippen molar-refractivity contribution in [2.75, 3.05) is 13.8 Å². The average Bonchev–Trinajstić information content (AvgIpc) is 2.78. The fraction of sp³-hybridized carbons (Fsp3) is 0.364. The zero-order valence-electron chi connectivity index (χ0n) is 10.5. The molecule has 1 heterocycles. The number of alkyl halides is 1. The van der Waals surface area contributed by atoms with E-state index in [1.807, 2.05) is 0 Å². The molecule has 0 saturated carbocycles. The van der Waals surface area contributed by atoms with Gasteiger partial charge >= 0.3 is 5.69 Å². The Bertz CT molecular complexity index is 671. The third-order valence-electron chi connectivity index (χ3n) is 2.59. The first kappa shape index (κ1) is 14.8. The molecule has 20 heavy (non-hydrogen) atoms. The van der Waals surface area contributed by atoms with Crippen LogP contribution < -0.4 is 10.4 Å². The van der Waals surface area contributed by atoms with Crippen molar-refractivity contribution in [3.05, 3.63) is 32.7 Å². The van der Waals surface area contributed by atoms with Crippen LogP contribution in [-0.2, 0) is 6.54 Å². The molecule has 108 valence electrons. The van der Waals surface area contributed by atoms with Crippen molar-refractivity contribution in [1.82, 2.24) is 19.8 Å². The number of methoxy groups -OCH3 is 1. The van der Waals surface area contributed by atoms with Crippen LogP contribution in [0.25, 0.3) is 5.69 Å². The monoisotopic (exact) mass is 320 g/mol. The molecule has 1 aromatic carbocycles. The highest BCUT2D eigenvalue weighted by Gasteiger charge is 2.15. The number of hydrogen-bond acceptors (Lipinski definition) is 4. The van der Waals surface area contributed by atoms with E-state index in [1.54, 1.807) is 0 Å². The molecule has 9 heteroatoms. The molecule has 0 spiro atoms. The van der Waals surface area contributed by atoms with Crippen molar-refractivity contribution in [3.8, 4) is 11.4 Å². The minimum atomic E-state index is -0.533. The Balaban J connectivity index is 2.47. The predicted molar refractivity (Wildman–Crippen MR) is 72.8 cm³/mol. The number of benzene rings is 1. The van der Waals surface area contributed by atoms with Gasteiger partial charge in [-0.2, -0.15) is 9.36 Å². The first-order valence-corrected chi connectivity index (χ1v) is 6.46. The minimum absolute atomic E-state index is 0.150. The Hall–Kier alpha value is -1.60. The van der Waals surface area contributed by atoms with Crippen molar-refractivity contribution in [2.24, 2.45) is 0 Å². The summed E-state index contributed by atoms with van der Waals surface area (Å²) in [7, 11) is 1.44. The van der Waals surface area contributed by atoms with Gasteiger partial charge < -0.3 is 4.74 Å². The second-order valence-electron chi connectivity index (χ2n) is 3.88. The van der Waals surface area contributed by atoms with E-state index in [2.05, 4.69) is 10.4 Å². The van der Waals surface area contributed by atoms with Crippen LogP contribution in [0.2, 0.25) is 10.0 Å². The highest BCUT2D eigenvalue weighted by Crippen LogP contribution is 2.32. The van der Waals surface area contributed by atoms with Gasteiger partial charge in [-0.25, -0.2) is 4.79 Å². The second kappa shape index (κ2) is 6.23. The number of hydrogen-bond donors (Lipinski definition) is 0. The molecule has 0 saturated heterocycles. The Morgan fingerprint density at radius 1 is 1.30 bits per heavy atom. The molecular formula is C11H11Cl2FN4O2. The lowest BCUT2D eigenvalue weighted by molar-refractivity contribution is 0.414. The summed E-state index contributed by atoms with van der Waals surface area (Å²) in [5, 5.41) is 7.93. The number of nitrogens with zero attached hydrogens (tertiary/aromatic N) is 4. The van der Waals surface area contributed by atoms with Crippen LogP contribution in [0.5, 0.6) is 5.75 Å². The smallest absolute Gasteiger partial charge is 0.368 e. The fourth-order valence-electron chi connectivity index (χ4n) is 1.61. The molecule has 0 aliphatic rings. The van der Waals surface area contributed by atoms with E-state index in [4.69, 9.17) is 27.9 Å². The molecule has 0 amide bonds. The third kappa shape index (κ3) is 2.78. The van der Waals surface area contributed by atoms with E-state index < -0.39 is 12.4 Å². The Labute approximate surface area is 123 Å². The van der Waals surface area contributed by atoms with E-state index >= 15 is 0 Å². The van der Waals surface area contributed by atoms with Gasteiger partial charge in [0.25, 0.3) is 0 Å². The lowest BCUT2D eigenvalue weighted by Gasteiger charge is -2.07. The molecule has 0 aliphatic carbocycles. The first-order chi connectivity index (χ1) is 9.58. The molecule has 6 nitrogen and oxygen atoms in total. The summed E-state index contributed by atoms with van der Waals surface area (Å²) in [6.45, 7) is -0.382. The Kier molecular flexibility index (Phi) is 4.61. The number of halogens is 3. The van der Waals surface area contributed by atoms with Crippen molar-refractivity contribution in [3.63, 3.8) is 0 Å². The zero-order valence-corrected chi connectivity index (χ0v) is 12.0. The lowest BCUT2D eigenvalue weighted by Crippen LogP contribution is -2.24. The number of aromatic nitrogens is 4. The van der Waals surface area contributed by atoms with E-state index in [0.717, 1.165) is 9.36 Å². The summed E-state index contributed by atoms with van der Waals surface area (Å²) in [6, 6.07) is 2.94. The van der Waals surface area contributed by atoms with Gasteiger partial charge in [0, 0.05) is 6.07 Å². The topological polar surface area (TPSA) is 61.9 Å². The van der Waals surface area contributed by atoms with Crippen LogP contribution in [-0.4, -0.2) is 33.6 Å².